The number of nitrogens with one attached hydrogen (secondary N) is 1. The zero-order valence-electron chi connectivity index (χ0n) is 14.6. The van der Waals surface area contributed by atoms with E-state index in [-0.39, 0.29) is 12.2 Å². The first-order valence-electron chi connectivity index (χ1n) is 9.08. The van der Waals surface area contributed by atoms with Crippen LogP contribution in [0, 0.1) is 0 Å². The number of hydrogen-bond donors (Lipinski definition) is 1. The molecule has 0 spiro atoms. The molecule has 0 saturated carbocycles. The van der Waals surface area contributed by atoms with Crippen molar-refractivity contribution in [3.05, 3.63) is 66.2 Å². The highest BCUT2D eigenvalue weighted by atomic mass is 16.6. The number of likely N-dealkylation sites (tertiary alicyclic amines) is 1. The molecule has 1 fully saturated rings. The van der Waals surface area contributed by atoms with E-state index in [2.05, 4.69) is 22.3 Å². The minimum Gasteiger partial charge on any atom is -0.444 e. The lowest BCUT2D eigenvalue weighted by atomic mass is 10.1. The van der Waals surface area contributed by atoms with E-state index >= 15 is 0 Å². The molecule has 1 atom stereocenters. The van der Waals surface area contributed by atoms with Crippen LogP contribution in [0.2, 0.25) is 0 Å². The first-order valence-corrected chi connectivity index (χ1v) is 9.08. The highest BCUT2D eigenvalue weighted by molar-refractivity contribution is 5.84. The van der Waals surface area contributed by atoms with Gasteiger partial charge in [0.2, 0.25) is 0 Å². The molecule has 1 N–H and O–H groups in total. The fourth-order valence-electron chi connectivity index (χ4n) is 3.27. The molecule has 0 aliphatic carbocycles. The fourth-order valence-corrected chi connectivity index (χ4v) is 3.27. The van der Waals surface area contributed by atoms with Gasteiger partial charge in [-0.2, -0.15) is 0 Å². The Bertz CT molecular complexity index is 639. The largest absolute Gasteiger partial charge is 0.444 e. The molecule has 4 nitrogen and oxygen atoms in total. The van der Waals surface area contributed by atoms with Crippen molar-refractivity contribution in [1.82, 2.24) is 4.90 Å². The van der Waals surface area contributed by atoms with Crippen molar-refractivity contribution in [2.75, 3.05) is 25.0 Å². The fraction of sp³-hybridized carbons (Fsp3) is 0.381. The van der Waals surface area contributed by atoms with Crippen LogP contribution in [0.5, 0.6) is 0 Å². The SMILES string of the molecule is O=C(Nc1ccccc1)OC(Cc1ccccc1)CN1CCCCC1. The zero-order valence-corrected chi connectivity index (χ0v) is 14.6. The standard InChI is InChI=1S/C21H26N2O2/c24-21(22-19-12-6-2-7-13-19)25-20(16-18-10-4-1-5-11-18)17-23-14-8-3-9-15-23/h1-2,4-7,10-13,20H,3,8-9,14-17H2,(H,22,24). The second kappa shape index (κ2) is 9.23. The first-order chi connectivity index (χ1) is 12.3. The summed E-state index contributed by atoms with van der Waals surface area (Å²) in [7, 11) is 0. The molecule has 1 amide bonds. The summed E-state index contributed by atoms with van der Waals surface area (Å²) in [5, 5.41) is 2.82. The van der Waals surface area contributed by atoms with E-state index < -0.39 is 0 Å². The molecule has 3 rings (SSSR count). The summed E-state index contributed by atoms with van der Waals surface area (Å²) < 4.78 is 5.77. The number of anilines is 1. The maximum absolute atomic E-state index is 12.3. The van der Waals surface area contributed by atoms with E-state index in [1.54, 1.807) is 0 Å². The lowest BCUT2D eigenvalue weighted by molar-refractivity contribution is 0.0734. The molecule has 1 saturated heterocycles. The van der Waals surface area contributed by atoms with Crippen molar-refractivity contribution in [3.8, 4) is 0 Å². The molecule has 0 radical (unpaired) electrons. The van der Waals surface area contributed by atoms with Crippen molar-refractivity contribution in [1.29, 1.82) is 0 Å². The van der Waals surface area contributed by atoms with Gasteiger partial charge < -0.3 is 4.74 Å². The Morgan fingerprint density at radius 2 is 1.60 bits per heavy atom. The van der Waals surface area contributed by atoms with Gasteiger partial charge in [0.15, 0.2) is 0 Å². The maximum Gasteiger partial charge on any atom is 0.411 e. The van der Waals surface area contributed by atoms with Gasteiger partial charge in [0, 0.05) is 18.7 Å². The molecular formula is C21H26N2O2. The van der Waals surface area contributed by atoms with Crippen molar-refractivity contribution in [2.24, 2.45) is 0 Å². The Morgan fingerprint density at radius 1 is 0.960 bits per heavy atom. The van der Waals surface area contributed by atoms with Gasteiger partial charge >= 0.3 is 6.09 Å². The van der Waals surface area contributed by atoms with Gasteiger partial charge in [-0.25, -0.2) is 4.79 Å². The number of amides is 1. The molecule has 0 aromatic heterocycles. The van der Waals surface area contributed by atoms with Gasteiger partial charge in [-0.3, -0.25) is 10.2 Å². The highest BCUT2D eigenvalue weighted by Gasteiger charge is 2.20. The third kappa shape index (κ3) is 5.91. The van der Waals surface area contributed by atoms with Crippen molar-refractivity contribution < 1.29 is 9.53 Å². The summed E-state index contributed by atoms with van der Waals surface area (Å²) >= 11 is 0. The van der Waals surface area contributed by atoms with E-state index in [1.807, 2.05) is 48.5 Å². The van der Waals surface area contributed by atoms with Gasteiger partial charge in [-0.05, 0) is 43.6 Å². The topological polar surface area (TPSA) is 41.6 Å². The van der Waals surface area contributed by atoms with Gasteiger partial charge in [0.25, 0.3) is 0 Å². The van der Waals surface area contributed by atoms with Crippen molar-refractivity contribution in [2.45, 2.75) is 31.8 Å². The molecule has 1 heterocycles. The Kier molecular flexibility index (Phi) is 6.46. The van der Waals surface area contributed by atoms with Crippen LogP contribution in [0.25, 0.3) is 0 Å². The molecule has 4 heteroatoms. The van der Waals surface area contributed by atoms with Crippen LogP contribution in [0.1, 0.15) is 24.8 Å². The van der Waals surface area contributed by atoms with Crippen LogP contribution >= 0.6 is 0 Å². The number of carbonyl (C=O) groups is 1. The van der Waals surface area contributed by atoms with Crippen LogP contribution in [0.3, 0.4) is 0 Å². The van der Waals surface area contributed by atoms with Crippen LogP contribution in [-0.4, -0.2) is 36.7 Å². The van der Waals surface area contributed by atoms with Crippen LogP contribution in [0.4, 0.5) is 10.5 Å². The molecule has 1 aliphatic heterocycles. The van der Waals surface area contributed by atoms with Crippen molar-refractivity contribution >= 4 is 11.8 Å². The summed E-state index contributed by atoms with van der Waals surface area (Å²) in [6.45, 7) is 2.97. The average molecular weight is 338 g/mol. The lowest BCUT2D eigenvalue weighted by Gasteiger charge is -2.30. The normalized spacial score (nSPS) is 16.2. The number of ether oxygens (including phenoxy) is 1. The monoisotopic (exact) mass is 338 g/mol. The highest BCUT2D eigenvalue weighted by Crippen LogP contribution is 2.14. The van der Waals surface area contributed by atoms with Crippen LogP contribution in [-0.2, 0) is 11.2 Å². The third-order valence-electron chi connectivity index (χ3n) is 4.51. The van der Waals surface area contributed by atoms with Crippen molar-refractivity contribution in [3.63, 3.8) is 0 Å². The minimum atomic E-state index is -0.385. The lowest BCUT2D eigenvalue weighted by Crippen LogP contribution is -2.40. The Morgan fingerprint density at radius 3 is 2.28 bits per heavy atom. The van der Waals surface area contributed by atoms with Crippen LogP contribution < -0.4 is 5.32 Å². The number of benzene rings is 2. The first kappa shape index (κ1) is 17.5. The average Bonchev–Trinajstić information content (AvgIpc) is 2.64. The summed E-state index contributed by atoms with van der Waals surface area (Å²) in [6.07, 6.45) is 3.96. The Hall–Kier alpha value is -2.33. The number of piperidine rings is 1. The van der Waals surface area contributed by atoms with Gasteiger partial charge in [-0.15, -0.1) is 0 Å². The number of hydrogen-bond acceptors (Lipinski definition) is 3. The van der Waals surface area contributed by atoms with E-state index in [9.17, 15) is 4.79 Å². The van der Waals surface area contributed by atoms with E-state index in [0.717, 1.165) is 31.7 Å². The number of rotatable bonds is 6. The summed E-state index contributed by atoms with van der Waals surface area (Å²) in [5.74, 6) is 0. The molecule has 132 valence electrons. The van der Waals surface area contributed by atoms with Gasteiger partial charge in [-0.1, -0.05) is 55.0 Å². The molecule has 1 unspecified atom stereocenters. The minimum absolute atomic E-state index is 0.149. The zero-order chi connectivity index (χ0) is 17.3. The summed E-state index contributed by atoms with van der Waals surface area (Å²) in [5.41, 5.74) is 1.95. The predicted molar refractivity (Wildman–Crippen MR) is 101 cm³/mol. The Balaban J connectivity index is 1.61. The number of nitrogens with zero attached hydrogens (tertiary/aromatic N) is 1. The predicted octanol–water partition coefficient (Wildman–Crippen LogP) is 4.33. The quantitative estimate of drug-likeness (QED) is 0.852. The second-order valence-corrected chi connectivity index (χ2v) is 6.57. The number of para-hydroxylation sites is 1. The van der Waals surface area contributed by atoms with Crippen LogP contribution in [0.15, 0.2) is 60.7 Å². The molecule has 0 bridgehead atoms. The molecule has 2 aromatic rings. The van der Waals surface area contributed by atoms with E-state index in [1.165, 1.54) is 24.8 Å². The third-order valence-corrected chi connectivity index (χ3v) is 4.51. The second-order valence-electron chi connectivity index (χ2n) is 6.57. The smallest absolute Gasteiger partial charge is 0.411 e. The van der Waals surface area contributed by atoms with E-state index in [0.29, 0.717) is 0 Å². The number of carbonyl (C=O) groups excluding carboxylic acids is 1. The summed E-state index contributed by atoms with van der Waals surface area (Å²) in [6, 6.07) is 19.7. The van der Waals surface area contributed by atoms with Gasteiger partial charge in [0.1, 0.15) is 6.10 Å². The molecule has 1 aliphatic rings. The Labute approximate surface area is 149 Å². The molecule has 2 aromatic carbocycles. The maximum atomic E-state index is 12.3. The van der Waals surface area contributed by atoms with Gasteiger partial charge in [0.05, 0.1) is 0 Å². The molecule has 25 heavy (non-hydrogen) atoms. The van der Waals surface area contributed by atoms with E-state index in [4.69, 9.17) is 4.74 Å². The molecular weight excluding hydrogens is 312 g/mol. The summed E-state index contributed by atoms with van der Waals surface area (Å²) in [4.78, 5) is 14.7.